The first-order valence-electron chi connectivity index (χ1n) is 5.04. The van der Waals surface area contributed by atoms with Crippen LogP contribution in [0.15, 0.2) is 18.2 Å². The molecule has 0 bridgehead atoms. The second-order valence-corrected chi connectivity index (χ2v) is 3.82. The predicted molar refractivity (Wildman–Crippen MR) is 62.5 cm³/mol. The molecule has 7 heteroatoms. The van der Waals surface area contributed by atoms with Gasteiger partial charge in [-0.2, -0.15) is 4.80 Å². The number of nitrogens with two attached hydrogens (primary N) is 1. The molecule has 0 spiro atoms. The molecule has 2 rings (SSSR count). The van der Waals surface area contributed by atoms with Gasteiger partial charge in [-0.05, 0) is 11.3 Å². The van der Waals surface area contributed by atoms with Crippen molar-refractivity contribution in [2.24, 2.45) is 12.8 Å². The Labute approximate surface area is 103 Å². The number of rotatable bonds is 4. The average Bonchev–Trinajstić information content (AvgIpc) is 2.73. The third-order valence-corrected chi connectivity index (χ3v) is 2.46. The molecule has 0 aliphatic carbocycles. The summed E-state index contributed by atoms with van der Waals surface area (Å²) in [4.78, 5) is 1.37. The van der Waals surface area contributed by atoms with Crippen molar-refractivity contribution in [3.05, 3.63) is 34.6 Å². The topological polar surface area (TPSA) is 78.8 Å². The first kappa shape index (κ1) is 11.8. The molecule has 0 saturated carbocycles. The Morgan fingerprint density at radius 3 is 2.94 bits per heavy atom. The highest BCUT2D eigenvalue weighted by molar-refractivity contribution is 6.32. The zero-order valence-electron chi connectivity index (χ0n) is 9.30. The van der Waals surface area contributed by atoms with E-state index in [4.69, 9.17) is 22.1 Å². The molecule has 2 aromatic rings. The molecule has 0 fully saturated rings. The standard InChI is InChI=1S/C10H12ClN5O/c1-16-14-9(13-15-16)6-17-10-7(5-12)3-2-4-8(10)11/h2-4H,5-6,12H2,1H3. The van der Waals surface area contributed by atoms with E-state index in [1.54, 1.807) is 13.1 Å². The number of aromatic nitrogens is 4. The predicted octanol–water partition coefficient (Wildman–Crippen LogP) is 0.901. The van der Waals surface area contributed by atoms with Gasteiger partial charge in [0.2, 0.25) is 5.82 Å². The Hall–Kier alpha value is -1.66. The van der Waals surface area contributed by atoms with E-state index in [9.17, 15) is 0 Å². The summed E-state index contributed by atoms with van der Waals surface area (Å²) in [5, 5.41) is 12.1. The maximum atomic E-state index is 6.04. The number of para-hydroxylation sites is 1. The molecule has 0 saturated heterocycles. The van der Waals surface area contributed by atoms with Gasteiger partial charge in [0.25, 0.3) is 0 Å². The minimum absolute atomic E-state index is 0.213. The molecular formula is C10H12ClN5O. The third kappa shape index (κ3) is 2.72. The summed E-state index contributed by atoms with van der Waals surface area (Å²) in [6.45, 7) is 0.578. The van der Waals surface area contributed by atoms with Crippen LogP contribution >= 0.6 is 11.6 Å². The van der Waals surface area contributed by atoms with Gasteiger partial charge < -0.3 is 10.5 Å². The lowest BCUT2D eigenvalue weighted by Crippen LogP contribution is -2.04. The van der Waals surface area contributed by atoms with Crippen LogP contribution in [0.1, 0.15) is 11.4 Å². The fourth-order valence-electron chi connectivity index (χ4n) is 1.39. The van der Waals surface area contributed by atoms with Crippen LogP contribution in [0.4, 0.5) is 0 Å². The highest BCUT2D eigenvalue weighted by Gasteiger charge is 2.09. The van der Waals surface area contributed by atoms with Crippen molar-refractivity contribution < 1.29 is 4.74 Å². The quantitative estimate of drug-likeness (QED) is 0.876. The first-order valence-corrected chi connectivity index (χ1v) is 5.41. The maximum absolute atomic E-state index is 6.04. The number of ether oxygens (including phenoxy) is 1. The van der Waals surface area contributed by atoms with E-state index in [1.807, 2.05) is 12.1 Å². The van der Waals surface area contributed by atoms with E-state index in [-0.39, 0.29) is 6.61 Å². The monoisotopic (exact) mass is 253 g/mol. The van der Waals surface area contributed by atoms with Crippen LogP contribution < -0.4 is 10.5 Å². The van der Waals surface area contributed by atoms with Gasteiger partial charge in [0.1, 0.15) is 5.75 Å². The number of tetrazole rings is 1. The van der Waals surface area contributed by atoms with Crippen molar-refractivity contribution in [1.29, 1.82) is 0 Å². The van der Waals surface area contributed by atoms with E-state index in [0.29, 0.717) is 23.1 Å². The zero-order chi connectivity index (χ0) is 12.3. The number of nitrogens with zero attached hydrogens (tertiary/aromatic N) is 4. The van der Waals surface area contributed by atoms with Crippen molar-refractivity contribution in [3.8, 4) is 5.75 Å². The van der Waals surface area contributed by atoms with Crippen molar-refractivity contribution in [2.75, 3.05) is 0 Å². The number of benzene rings is 1. The van der Waals surface area contributed by atoms with Gasteiger partial charge in [-0.1, -0.05) is 23.7 Å². The minimum Gasteiger partial charge on any atom is -0.484 e. The normalized spacial score (nSPS) is 10.5. The summed E-state index contributed by atoms with van der Waals surface area (Å²) in [6, 6.07) is 5.45. The lowest BCUT2D eigenvalue weighted by Gasteiger charge is -2.10. The molecule has 6 nitrogen and oxygen atoms in total. The molecule has 0 aliphatic heterocycles. The van der Waals surface area contributed by atoms with Gasteiger partial charge in [-0.15, -0.1) is 10.2 Å². The summed E-state index contributed by atoms with van der Waals surface area (Å²) in [7, 11) is 1.69. The molecule has 0 amide bonds. The van der Waals surface area contributed by atoms with Crippen LogP contribution in [0.3, 0.4) is 0 Å². The van der Waals surface area contributed by atoms with Crippen molar-refractivity contribution in [2.45, 2.75) is 13.2 Å². The van der Waals surface area contributed by atoms with Crippen LogP contribution in [0.5, 0.6) is 5.75 Å². The molecule has 17 heavy (non-hydrogen) atoms. The summed E-state index contributed by atoms with van der Waals surface area (Å²) in [5.41, 5.74) is 6.45. The lowest BCUT2D eigenvalue weighted by molar-refractivity contribution is 0.292. The van der Waals surface area contributed by atoms with Crippen LogP contribution in [0.25, 0.3) is 0 Å². The van der Waals surface area contributed by atoms with Crippen LogP contribution in [-0.2, 0) is 20.2 Å². The van der Waals surface area contributed by atoms with Crippen molar-refractivity contribution >= 4 is 11.6 Å². The van der Waals surface area contributed by atoms with E-state index >= 15 is 0 Å². The second kappa shape index (κ2) is 5.11. The smallest absolute Gasteiger partial charge is 0.212 e. The van der Waals surface area contributed by atoms with E-state index < -0.39 is 0 Å². The van der Waals surface area contributed by atoms with E-state index in [0.717, 1.165) is 5.56 Å². The Morgan fingerprint density at radius 1 is 1.47 bits per heavy atom. The average molecular weight is 254 g/mol. The zero-order valence-corrected chi connectivity index (χ0v) is 10.1. The SMILES string of the molecule is Cn1nnc(COc2c(Cl)cccc2CN)n1. The molecule has 2 N–H and O–H groups in total. The Balaban J connectivity index is 2.13. The maximum Gasteiger partial charge on any atom is 0.212 e. The van der Waals surface area contributed by atoms with Crippen molar-refractivity contribution in [1.82, 2.24) is 20.2 Å². The van der Waals surface area contributed by atoms with Gasteiger partial charge >= 0.3 is 0 Å². The number of aryl methyl sites for hydroxylation is 1. The largest absolute Gasteiger partial charge is 0.484 e. The molecule has 90 valence electrons. The third-order valence-electron chi connectivity index (χ3n) is 2.16. The molecule has 1 heterocycles. The van der Waals surface area contributed by atoms with Gasteiger partial charge in [-0.3, -0.25) is 0 Å². The Kier molecular flexibility index (Phi) is 3.55. The minimum atomic E-state index is 0.213. The van der Waals surface area contributed by atoms with Crippen LogP contribution in [0.2, 0.25) is 5.02 Å². The Morgan fingerprint density at radius 2 is 2.29 bits per heavy atom. The molecule has 0 atom stereocenters. The summed E-state index contributed by atoms with van der Waals surface area (Å²) < 4.78 is 5.57. The van der Waals surface area contributed by atoms with Gasteiger partial charge in [0.15, 0.2) is 6.61 Å². The van der Waals surface area contributed by atoms with E-state index in [1.165, 1.54) is 4.80 Å². The molecule has 0 radical (unpaired) electrons. The molecule has 1 aromatic carbocycles. The highest BCUT2D eigenvalue weighted by Crippen LogP contribution is 2.28. The summed E-state index contributed by atoms with van der Waals surface area (Å²) in [5.74, 6) is 1.07. The summed E-state index contributed by atoms with van der Waals surface area (Å²) >= 11 is 6.04. The van der Waals surface area contributed by atoms with E-state index in [2.05, 4.69) is 15.4 Å². The number of hydrogen-bond donors (Lipinski definition) is 1. The number of hydrogen-bond acceptors (Lipinski definition) is 5. The summed E-state index contributed by atoms with van der Waals surface area (Å²) in [6.07, 6.45) is 0. The first-order chi connectivity index (χ1) is 8.20. The fourth-order valence-corrected chi connectivity index (χ4v) is 1.64. The molecule has 0 unspecified atom stereocenters. The van der Waals surface area contributed by atoms with Gasteiger partial charge in [0.05, 0.1) is 12.1 Å². The number of halogens is 1. The Bertz CT molecular complexity index is 513. The molecule has 1 aromatic heterocycles. The molecular weight excluding hydrogens is 242 g/mol. The van der Waals surface area contributed by atoms with Crippen LogP contribution in [-0.4, -0.2) is 20.2 Å². The second-order valence-electron chi connectivity index (χ2n) is 3.42. The lowest BCUT2D eigenvalue weighted by atomic mass is 10.2. The van der Waals surface area contributed by atoms with Crippen LogP contribution in [0, 0.1) is 0 Å². The fraction of sp³-hybridized carbons (Fsp3) is 0.300. The highest BCUT2D eigenvalue weighted by atomic mass is 35.5. The molecule has 0 aliphatic rings. The van der Waals surface area contributed by atoms with Gasteiger partial charge in [-0.25, -0.2) is 0 Å². The van der Waals surface area contributed by atoms with Crippen molar-refractivity contribution in [3.63, 3.8) is 0 Å². The van der Waals surface area contributed by atoms with Gasteiger partial charge in [0, 0.05) is 12.1 Å².